The van der Waals surface area contributed by atoms with Gasteiger partial charge >= 0.3 is 7.12 Å². The van der Waals surface area contributed by atoms with Crippen molar-refractivity contribution in [1.82, 2.24) is 15.0 Å². The molecule has 8 nitrogen and oxygen atoms in total. The topological polar surface area (TPSA) is 76.9 Å². The van der Waals surface area contributed by atoms with E-state index in [2.05, 4.69) is 38.0 Å². The molecule has 0 amide bonds. The van der Waals surface area contributed by atoms with E-state index >= 15 is 0 Å². The molecule has 0 radical (unpaired) electrons. The van der Waals surface area contributed by atoms with E-state index in [9.17, 15) is 0 Å². The number of aromatic nitrogens is 3. The van der Waals surface area contributed by atoms with E-state index in [4.69, 9.17) is 23.5 Å². The molecule has 2 aliphatic rings. The molecule has 1 aromatic heterocycles. The Labute approximate surface area is 184 Å². The second kappa shape index (κ2) is 9.28. The standard InChI is InChI=1S/C22H32BN3O5/c1-21(2)22(3,4)31-23(30-21)17-8-10-19(11-9-17)27-14-12-26-15-18(24-25-26)16-29-20-7-5-6-13-28-20/h8-11,15,20H,5-7,12-14,16H2,1-4H3/t20-/m1/s1. The lowest BCUT2D eigenvalue weighted by Crippen LogP contribution is -2.41. The number of hydrogen-bond donors (Lipinski definition) is 0. The number of rotatable bonds is 8. The molecule has 0 saturated carbocycles. The Kier molecular flexibility index (Phi) is 6.67. The third-order valence-electron chi connectivity index (χ3n) is 6.14. The Bertz CT molecular complexity index is 833. The molecule has 3 heterocycles. The molecule has 31 heavy (non-hydrogen) atoms. The minimum Gasteiger partial charge on any atom is -0.492 e. The highest BCUT2D eigenvalue weighted by atomic mass is 16.7. The molecule has 4 rings (SSSR count). The van der Waals surface area contributed by atoms with E-state index in [0.717, 1.165) is 42.8 Å². The third-order valence-corrected chi connectivity index (χ3v) is 6.14. The van der Waals surface area contributed by atoms with Gasteiger partial charge in [-0.3, -0.25) is 0 Å². The van der Waals surface area contributed by atoms with Gasteiger partial charge in [-0.1, -0.05) is 17.3 Å². The maximum Gasteiger partial charge on any atom is 0.494 e. The fourth-order valence-corrected chi connectivity index (χ4v) is 3.49. The smallest absolute Gasteiger partial charge is 0.492 e. The Morgan fingerprint density at radius 2 is 1.84 bits per heavy atom. The Morgan fingerprint density at radius 3 is 2.52 bits per heavy atom. The van der Waals surface area contributed by atoms with E-state index in [0.29, 0.717) is 19.8 Å². The normalized spacial score (nSPS) is 22.6. The van der Waals surface area contributed by atoms with Gasteiger partial charge in [0.05, 0.1) is 30.6 Å². The fourth-order valence-electron chi connectivity index (χ4n) is 3.49. The van der Waals surface area contributed by atoms with Gasteiger partial charge in [0, 0.05) is 6.61 Å². The first-order chi connectivity index (χ1) is 14.8. The van der Waals surface area contributed by atoms with Crippen LogP contribution in [0.3, 0.4) is 0 Å². The lowest BCUT2D eigenvalue weighted by molar-refractivity contribution is -0.169. The number of nitrogens with zero attached hydrogens (tertiary/aromatic N) is 3. The van der Waals surface area contributed by atoms with Crippen molar-refractivity contribution >= 4 is 12.6 Å². The summed E-state index contributed by atoms with van der Waals surface area (Å²) in [5, 5.41) is 8.29. The SMILES string of the molecule is CC1(C)OB(c2ccc(OCCn3cc(CO[C@@H]4CCCCO4)nn3)cc2)OC1(C)C. The molecule has 1 aromatic carbocycles. The summed E-state index contributed by atoms with van der Waals surface area (Å²) in [5.74, 6) is 0.790. The molecular formula is C22H32BN3O5. The molecule has 9 heteroatoms. The highest BCUT2D eigenvalue weighted by Gasteiger charge is 2.51. The monoisotopic (exact) mass is 429 g/mol. The summed E-state index contributed by atoms with van der Waals surface area (Å²) >= 11 is 0. The summed E-state index contributed by atoms with van der Waals surface area (Å²) < 4.78 is 31.1. The summed E-state index contributed by atoms with van der Waals surface area (Å²) in [5.41, 5.74) is 1.07. The van der Waals surface area contributed by atoms with Crippen molar-refractivity contribution in [3.05, 3.63) is 36.2 Å². The molecule has 168 valence electrons. The Balaban J connectivity index is 1.21. The average molecular weight is 429 g/mol. The summed E-state index contributed by atoms with van der Waals surface area (Å²) in [6.45, 7) is 10.5. The zero-order valence-electron chi connectivity index (χ0n) is 18.9. The van der Waals surface area contributed by atoms with Crippen molar-refractivity contribution in [3.63, 3.8) is 0 Å². The highest BCUT2D eigenvalue weighted by molar-refractivity contribution is 6.62. The van der Waals surface area contributed by atoms with Crippen LogP contribution in [0.5, 0.6) is 5.75 Å². The van der Waals surface area contributed by atoms with Crippen LogP contribution >= 0.6 is 0 Å². The van der Waals surface area contributed by atoms with E-state index < -0.39 is 0 Å². The Morgan fingerprint density at radius 1 is 1.10 bits per heavy atom. The lowest BCUT2D eigenvalue weighted by atomic mass is 9.79. The van der Waals surface area contributed by atoms with Crippen molar-refractivity contribution in [1.29, 1.82) is 0 Å². The minimum absolute atomic E-state index is 0.123. The van der Waals surface area contributed by atoms with Crippen molar-refractivity contribution in [2.75, 3.05) is 13.2 Å². The number of benzene rings is 1. The van der Waals surface area contributed by atoms with Crippen molar-refractivity contribution in [2.45, 2.75) is 77.6 Å². The van der Waals surface area contributed by atoms with Gasteiger partial charge in [-0.2, -0.15) is 0 Å². The minimum atomic E-state index is -0.367. The van der Waals surface area contributed by atoms with Gasteiger partial charge in [0.25, 0.3) is 0 Å². The van der Waals surface area contributed by atoms with Gasteiger partial charge in [-0.25, -0.2) is 4.68 Å². The van der Waals surface area contributed by atoms with Crippen LogP contribution in [0.4, 0.5) is 0 Å². The molecule has 0 bridgehead atoms. The average Bonchev–Trinajstić information content (AvgIpc) is 3.28. The van der Waals surface area contributed by atoms with Gasteiger partial charge in [0.2, 0.25) is 0 Å². The molecular weight excluding hydrogens is 397 g/mol. The number of ether oxygens (including phenoxy) is 3. The maximum absolute atomic E-state index is 6.09. The van der Waals surface area contributed by atoms with E-state index in [1.54, 1.807) is 4.68 Å². The van der Waals surface area contributed by atoms with Crippen LogP contribution < -0.4 is 10.2 Å². The number of hydrogen-bond acceptors (Lipinski definition) is 7. The van der Waals surface area contributed by atoms with Gasteiger partial charge in [0.15, 0.2) is 6.29 Å². The third kappa shape index (κ3) is 5.47. The molecule has 2 fully saturated rings. The highest BCUT2D eigenvalue weighted by Crippen LogP contribution is 2.36. The van der Waals surface area contributed by atoms with Crippen LogP contribution in [0.15, 0.2) is 30.5 Å². The van der Waals surface area contributed by atoms with E-state index in [-0.39, 0.29) is 24.6 Å². The van der Waals surface area contributed by atoms with E-state index in [1.165, 1.54) is 0 Å². The van der Waals surface area contributed by atoms with Crippen LogP contribution in [0.2, 0.25) is 0 Å². The van der Waals surface area contributed by atoms with Crippen LogP contribution in [-0.2, 0) is 31.9 Å². The zero-order chi connectivity index (χ0) is 21.9. The first-order valence-corrected chi connectivity index (χ1v) is 11.0. The molecule has 2 aliphatic heterocycles. The van der Waals surface area contributed by atoms with Gasteiger partial charge < -0.3 is 23.5 Å². The van der Waals surface area contributed by atoms with Crippen LogP contribution in [0, 0.1) is 0 Å². The van der Waals surface area contributed by atoms with Gasteiger partial charge in [-0.05, 0) is 64.6 Å². The first-order valence-electron chi connectivity index (χ1n) is 11.0. The maximum atomic E-state index is 6.09. The van der Waals surface area contributed by atoms with Gasteiger partial charge in [-0.15, -0.1) is 5.10 Å². The summed E-state index contributed by atoms with van der Waals surface area (Å²) in [7, 11) is -0.367. The molecule has 0 spiro atoms. The molecule has 0 N–H and O–H groups in total. The first kappa shape index (κ1) is 22.3. The van der Waals surface area contributed by atoms with Gasteiger partial charge in [0.1, 0.15) is 18.1 Å². The van der Waals surface area contributed by atoms with Crippen LogP contribution in [0.25, 0.3) is 0 Å². The molecule has 2 saturated heterocycles. The Hall–Kier alpha value is -1.94. The predicted molar refractivity (Wildman–Crippen MR) is 116 cm³/mol. The fraction of sp³-hybridized carbons (Fsp3) is 0.636. The summed E-state index contributed by atoms with van der Waals surface area (Å²) in [6.07, 6.45) is 4.95. The summed E-state index contributed by atoms with van der Waals surface area (Å²) in [4.78, 5) is 0. The second-order valence-corrected chi connectivity index (χ2v) is 9.09. The molecule has 0 aliphatic carbocycles. The van der Waals surface area contributed by atoms with E-state index in [1.807, 2.05) is 30.5 Å². The van der Waals surface area contributed by atoms with Crippen LogP contribution in [-0.4, -0.2) is 52.8 Å². The van der Waals surface area contributed by atoms with Crippen molar-refractivity contribution in [2.24, 2.45) is 0 Å². The molecule has 0 unspecified atom stereocenters. The summed E-state index contributed by atoms with van der Waals surface area (Å²) in [6, 6.07) is 7.84. The quantitative estimate of drug-likeness (QED) is 0.598. The second-order valence-electron chi connectivity index (χ2n) is 9.09. The molecule has 2 aromatic rings. The lowest BCUT2D eigenvalue weighted by Gasteiger charge is -2.32. The molecule has 1 atom stereocenters. The van der Waals surface area contributed by atoms with Crippen molar-refractivity contribution < 1.29 is 23.5 Å². The zero-order valence-corrected chi connectivity index (χ0v) is 18.9. The van der Waals surface area contributed by atoms with Crippen molar-refractivity contribution in [3.8, 4) is 5.75 Å². The van der Waals surface area contributed by atoms with Crippen LogP contribution in [0.1, 0.15) is 52.7 Å². The predicted octanol–water partition coefficient (Wildman–Crippen LogP) is 2.70. The largest absolute Gasteiger partial charge is 0.494 e.